The molecule has 2 atom stereocenters. The highest BCUT2D eigenvalue weighted by Gasteiger charge is 2.27. The molecule has 1 aliphatic carbocycles. The van der Waals surface area contributed by atoms with Crippen molar-refractivity contribution in [1.29, 1.82) is 0 Å². The lowest BCUT2D eigenvalue weighted by atomic mass is 9.96. The van der Waals surface area contributed by atoms with Crippen LogP contribution in [0.1, 0.15) is 56.4 Å². The minimum absolute atomic E-state index is 0.0103. The number of hydrogen-bond acceptors (Lipinski definition) is 3. The minimum Gasteiger partial charge on any atom is -0.394 e. The van der Waals surface area contributed by atoms with Crippen LogP contribution in [-0.4, -0.2) is 27.3 Å². The predicted molar refractivity (Wildman–Crippen MR) is 77.2 cm³/mol. The monoisotopic (exact) mass is 265 g/mol. The summed E-state index contributed by atoms with van der Waals surface area (Å²) in [5.74, 6) is 1.55. The molecule has 0 aromatic carbocycles. The van der Waals surface area contributed by atoms with Crippen LogP contribution in [0.5, 0.6) is 0 Å². The molecule has 0 amide bonds. The Hall–Kier alpha value is -0.870. The summed E-state index contributed by atoms with van der Waals surface area (Å²) in [6, 6.07) is -0.0410. The third-order valence-electron chi connectivity index (χ3n) is 4.10. The van der Waals surface area contributed by atoms with E-state index in [1.807, 2.05) is 6.92 Å². The van der Waals surface area contributed by atoms with Gasteiger partial charge in [0.25, 0.3) is 0 Å². The third-order valence-corrected chi connectivity index (χ3v) is 4.10. The molecule has 1 aromatic heterocycles. The van der Waals surface area contributed by atoms with E-state index in [2.05, 4.69) is 23.4 Å². The van der Waals surface area contributed by atoms with Crippen molar-refractivity contribution in [3.8, 4) is 0 Å². The van der Waals surface area contributed by atoms with E-state index in [-0.39, 0.29) is 18.7 Å². The van der Waals surface area contributed by atoms with Crippen molar-refractivity contribution < 1.29 is 5.11 Å². The number of nitrogens with zero attached hydrogens (tertiary/aromatic N) is 2. The summed E-state index contributed by atoms with van der Waals surface area (Å²) in [6.45, 7) is 6.47. The molecule has 0 saturated heterocycles. The van der Waals surface area contributed by atoms with Crippen molar-refractivity contribution in [2.75, 3.05) is 6.61 Å². The Morgan fingerprint density at radius 3 is 2.63 bits per heavy atom. The molecule has 2 rings (SSSR count). The van der Waals surface area contributed by atoms with E-state index >= 15 is 0 Å². The quantitative estimate of drug-likeness (QED) is 0.855. The molecule has 108 valence electrons. The van der Waals surface area contributed by atoms with Crippen LogP contribution in [0.4, 0.5) is 0 Å². The van der Waals surface area contributed by atoms with Crippen molar-refractivity contribution in [2.24, 2.45) is 11.7 Å². The summed E-state index contributed by atoms with van der Waals surface area (Å²) < 4.78 is 2.21. The molecule has 3 N–H and O–H groups in total. The molecule has 0 fully saturated rings. The van der Waals surface area contributed by atoms with Gasteiger partial charge in [-0.15, -0.1) is 0 Å². The van der Waals surface area contributed by atoms with Gasteiger partial charge in [-0.1, -0.05) is 13.8 Å². The lowest BCUT2D eigenvalue weighted by Gasteiger charge is -2.28. The first-order valence-corrected chi connectivity index (χ1v) is 7.47. The molecule has 1 aliphatic rings. The minimum atomic E-state index is -0.0308. The Morgan fingerprint density at radius 2 is 2.00 bits per heavy atom. The SMILES string of the molecule is Cc1nc2c(n1C(CO)C(N)CC(C)C)CCCC2. The molecule has 0 saturated carbocycles. The molecular formula is C15H27N3O. The normalized spacial score (nSPS) is 18.4. The van der Waals surface area contributed by atoms with E-state index in [1.54, 1.807) is 0 Å². The highest BCUT2D eigenvalue weighted by molar-refractivity contribution is 5.21. The molecule has 0 bridgehead atoms. The van der Waals surface area contributed by atoms with Crippen molar-refractivity contribution in [1.82, 2.24) is 9.55 Å². The smallest absolute Gasteiger partial charge is 0.106 e. The maximum absolute atomic E-state index is 9.78. The predicted octanol–water partition coefficient (Wildman–Crippen LogP) is 1.98. The second-order valence-electron chi connectivity index (χ2n) is 6.17. The fraction of sp³-hybridized carbons (Fsp3) is 0.800. The average molecular weight is 265 g/mol. The lowest BCUT2D eigenvalue weighted by Crippen LogP contribution is -2.37. The molecule has 0 radical (unpaired) electrons. The van der Waals surface area contributed by atoms with Crippen LogP contribution in [0.15, 0.2) is 0 Å². The Morgan fingerprint density at radius 1 is 1.32 bits per heavy atom. The summed E-state index contributed by atoms with van der Waals surface area (Å²) >= 11 is 0. The van der Waals surface area contributed by atoms with Crippen LogP contribution in [-0.2, 0) is 12.8 Å². The number of hydrogen-bond donors (Lipinski definition) is 2. The zero-order chi connectivity index (χ0) is 14.0. The third kappa shape index (κ3) is 3.00. The first-order valence-electron chi connectivity index (χ1n) is 7.47. The van der Waals surface area contributed by atoms with Gasteiger partial charge in [0.15, 0.2) is 0 Å². The second-order valence-corrected chi connectivity index (χ2v) is 6.17. The fourth-order valence-electron chi connectivity index (χ4n) is 3.25. The van der Waals surface area contributed by atoms with Crippen molar-refractivity contribution in [3.63, 3.8) is 0 Å². The second kappa shape index (κ2) is 6.06. The van der Waals surface area contributed by atoms with Crippen LogP contribution < -0.4 is 5.73 Å². The van der Waals surface area contributed by atoms with Gasteiger partial charge in [-0.3, -0.25) is 0 Å². The first-order chi connectivity index (χ1) is 9.04. The molecule has 0 spiro atoms. The van der Waals surface area contributed by atoms with Crippen molar-refractivity contribution in [3.05, 3.63) is 17.2 Å². The van der Waals surface area contributed by atoms with E-state index in [9.17, 15) is 5.11 Å². The Balaban J connectivity index is 2.30. The number of aliphatic hydroxyl groups excluding tert-OH is 1. The van der Waals surface area contributed by atoms with Gasteiger partial charge in [0.05, 0.1) is 18.3 Å². The number of nitrogens with two attached hydrogens (primary N) is 1. The number of imidazole rings is 1. The van der Waals surface area contributed by atoms with Gasteiger partial charge in [-0.05, 0) is 44.9 Å². The van der Waals surface area contributed by atoms with Crippen LogP contribution >= 0.6 is 0 Å². The number of aliphatic hydroxyl groups is 1. The Bertz CT molecular complexity index is 425. The molecule has 2 unspecified atom stereocenters. The summed E-state index contributed by atoms with van der Waals surface area (Å²) in [5, 5.41) is 9.78. The zero-order valence-corrected chi connectivity index (χ0v) is 12.4. The highest BCUT2D eigenvalue weighted by atomic mass is 16.3. The molecule has 1 aromatic rings. The number of fused-ring (bicyclic) bond motifs is 1. The molecule has 1 heterocycles. The molecule has 4 heteroatoms. The maximum atomic E-state index is 9.78. The van der Waals surface area contributed by atoms with E-state index in [0.29, 0.717) is 5.92 Å². The average Bonchev–Trinajstić information content (AvgIpc) is 2.66. The van der Waals surface area contributed by atoms with Gasteiger partial charge < -0.3 is 15.4 Å². The van der Waals surface area contributed by atoms with Gasteiger partial charge in [0.2, 0.25) is 0 Å². The van der Waals surface area contributed by atoms with Crippen LogP contribution in [0.2, 0.25) is 0 Å². The maximum Gasteiger partial charge on any atom is 0.106 e. The Labute approximate surface area is 116 Å². The standard InChI is InChI=1S/C15H27N3O/c1-10(2)8-12(16)15(9-19)18-11(3)17-13-6-4-5-7-14(13)18/h10,12,15,19H,4-9,16H2,1-3H3. The summed E-state index contributed by atoms with van der Waals surface area (Å²) in [4.78, 5) is 4.68. The van der Waals surface area contributed by atoms with Gasteiger partial charge >= 0.3 is 0 Å². The summed E-state index contributed by atoms with van der Waals surface area (Å²) in [7, 11) is 0. The number of aromatic nitrogens is 2. The van der Waals surface area contributed by atoms with E-state index in [0.717, 1.165) is 25.1 Å². The van der Waals surface area contributed by atoms with Gasteiger partial charge in [-0.25, -0.2) is 4.98 Å². The molecular weight excluding hydrogens is 238 g/mol. The zero-order valence-electron chi connectivity index (χ0n) is 12.4. The lowest BCUT2D eigenvalue weighted by molar-refractivity contribution is 0.192. The van der Waals surface area contributed by atoms with Gasteiger partial charge in [0, 0.05) is 11.7 Å². The fourth-order valence-corrected chi connectivity index (χ4v) is 3.25. The topological polar surface area (TPSA) is 64.1 Å². The summed E-state index contributed by atoms with van der Waals surface area (Å²) in [6.07, 6.45) is 5.51. The summed E-state index contributed by atoms with van der Waals surface area (Å²) in [5.41, 5.74) is 8.84. The number of rotatable bonds is 5. The van der Waals surface area contributed by atoms with E-state index < -0.39 is 0 Å². The van der Waals surface area contributed by atoms with Crippen molar-refractivity contribution >= 4 is 0 Å². The Kier molecular flexibility index (Phi) is 4.63. The van der Waals surface area contributed by atoms with Crippen LogP contribution in [0.25, 0.3) is 0 Å². The van der Waals surface area contributed by atoms with Crippen molar-refractivity contribution in [2.45, 2.75) is 65.0 Å². The highest BCUT2D eigenvalue weighted by Crippen LogP contribution is 2.27. The first kappa shape index (κ1) is 14.5. The molecule has 19 heavy (non-hydrogen) atoms. The van der Waals surface area contributed by atoms with E-state index in [1.165, 1.54) is 24.2 Å². The largest absolute Gasteiger partial charge is 0.394 e. The van der Waals surface area contributed by atoms with Crippen LogP contribution in [0.3, 0.4) is 0 Å². The van der Waals surface area contributed by atoms with Gasteiger partial charge in [-0.2, -0.15) is 0 Å². The van der Waals surface area contributed by atoms with Gasteiger partial charge in [0.1, 0.15) is 5.82 Å². The molecule has 4 nitrogen and oxygen atoms in total. The number of aryl methyl sites for hydroxylation is 2. The van der Waals surface area contributed by atoms with E-state index in [4.69, 9.17) is 5.73 Å². The van der Waals surface area contributed by atoms with Crippen LogP contribution in [0, 0.1) is 12.8 Å². The molecule has 0 aliphatic heterocycles.